The second-order valence-electron chi connectivity index (χ2n) is 5.37. The topological polar surface area (TPSA) is 78.9 Å². The molecule has 5 heteroatoms. The van der Waals surface area contributed by atoms with Crippen LogP contribution in [-0.2, 0) is 4.79 Å². The van der Waals surface area contributed by atoms with E-state index < -0.39 is 5.97 Å². The zero-order chi connectivity index (χ0) is 13.7. The van der Waals surface area contributed by atoms with Crippen LogP contribution in [0.4, 0.5) is 0 Å². The highest BCUT2D eigenvalue weighted by molar-refractivity contribution is 6.04. The van der Waals surface area contributed by atoms with Crippen LogP contribution in [0.15, 0.2) is 30.7 Å². The van der Waals surface area contributed by atoms with Gasteiger partial charge in [0.2, 0.25) is 0 Å². The van der Waals surface area contributed by atoms with Crippen LogP contribution >= 0.6 is 0 Å². The number of nitrogens with zero attached hydrogens (tertiary/aromatic N) is 2. The van der Waals surface area contributed by atoms with Gasteiger partial charge < -0.3 is 10.1 Å². The fourth-order valence-corrected chi connectivity index (χ4v) is 3.04. The number of nitrogens with one attached hydrogen (secondary N) is 1. The summed E-state index contributed by atoms with van der Waals surface area (Å²) >= 11 is 0. The summed E-state index contributed by atoms with van der Waals surface area (Å²) in [6.45, 7) is 0. The molecule has 0 aliphatic heterocycles. The van der Waals surface area contributed by atoms with Gasteiger partial charge in [0, 0.05) is 29.4 Å². The van der Waals surface area contributed by atoms with Crippen molar-refractivity contribution in [3.8, 4) is 0 Å². The lowest BCUT2D eigenvalue weighted by molar-refractivity contribution is -0.145. The number of hydrogen-bond acceptors (Lipinski definition) is 3. The minimum absolute atomic E-state index is 0.208. The molecule has 3 aromatic heterocycles. The van der Waals surface area contributed by atoms with Gasteiger partial charge in [0.1, 0.15) is 5.65 Å². The van der Waals surface area contributed by atoms with Crippen molar-refractivity contribution < 1.29 is 9.90 Å². The second kappa shape index (κ2) is 4.03. The van der Waals surface area contributed by atoms with E-state index in [0.717, 1.165) is 27.5 Å². The number of rotatable bonds is 2. The smallest absolute Gasteiger partial charge is 0.306 e. The molecule has 0 spiro atoms. The molecule has 0 saturated heterocycles. The first-order valence-corrected chi connectivity index (χ1v) is 6.67. The summed E-state index contributed by atoms with van der Waals surface area (Å²) in [5, 5.41) is 11.0. The Bertz CT molecular complexity index is 818. The van der Waals surface area contributed by atoms with E-state index in [1.54, 1.807) is 6.20 Å². The Balaban J connectivity index is 1.85. The van der Waals surface area contributed by atoms with Gasteiger partial charge in [-0.3, -0.25) is 9.78 Å². The second-order valence-corrected chi connectivity index (χ2v) is 5.37. The summed E-state index contributed by atoms with van der Waals surface area (Å²) in [4.78, 5) is 23.0. The first-order chi connectivity index (χ1) is 9.74. The number of aromatic amines is 1. The monoisotopic (exact) mass is 267 g/mol. The van der Waals surface area contributed by atoms with Gasteiger partial charge in [0.25, 0.3) is 0 Å². The molecule has 100 valence electrons. The molecule has 0 amide bonds. The van der Waals surface area contributed by atoms with Crippen molar-refractivity contribution in [2.75, 3.05) is 0 Å². The Morgan fingerprint density at radius 1 is 1.35 bits per heavy atom. The molecular formula is C15H13N3O2. The van der Waals surface area contributed by atoms with Crippen LogP contribution in [-0.4, -0.2) is 26.0 Å². The van der Waals surface area contributed by atoms with Gasteiger partial charge >= 0.3 is 5.97 Å². The summed E-state index contributed by atoms with van der Waals surface area (Å²) in [6, 6.07) is 3.89. The van der Waals surface area contributed by atoms with E-state index in [4.69, 9.17) is 5.11 Å². The van der Waals surface area contributed by atoms with Crippen molar-refractivity contribution in [2.24, 2.45) is 5.92 Å². The number of aromatic nitrogens is 3. The molecule has 2 N–H and O–H groups in total. The molecule has 1 saturated carbocycles. The fourth-order valence-electron chi connectivity index (χ4n) is 3.04. The van der Waals surface area contributed by atoms with Crippen LogP contribution < -0.4 is 0 Å². The predicted molar refractivity (Wildman–Crippen MR) is 74.5 cm³/mol. The summed E-state index contributed by atoms with van der Waals surface area (Å²) in [6.07, 6.45) is 6.94. The van der Waals surface area contributed by atoms with E-state index in [1.165, 1.54) is 0 Å². The quantitative estimate of drug-likeness (QED) is 0.748. The molecule has 0 bridgehead atoms. The lowest BCUT2D eigenvalue weighted by Crippen LogP contribution is -2.28. The molecule has 0 unspecified atom stereocenters. The normalized spacial score (nSPS) is 22.0. The Hall–Kier alpha value is -2.43. The van der Waals surface area contributed by atoms with Gasteiger partial charge in [-0.1, -0.05) is 0 Å². The third-order valence-corrected chi connectivity index (χ3v) is 4.23. The van der Waals surface area contributed by atoms with Crippen LogP contribution in [0.5, 0.6) is 0 Å². The highest BCUT2D eigenvalue weighted by Gasteiger charge is 2.36. The average Bonchev–Trinajstić information content (AvgIpc) is 2.81. The molecule has 4 rings (SSSR count). The highest BCUT2D eigenvalue weighted by atomic mass is 16.4. The van der Waals surface area contributed by atoms with E-state index in [-0.39, 0.29) is 5.92 Å². The van der Waals surface area contributed by atoms with E-state index in [0.29, 0.717) is 18.8 Å². The van der Waals surface area contributed by atoms with Crippen LogP contribution in [0.25, 0.3) is 21.9 Å². The maximum atomic E-state index is 10.9. The summed E-state index contributed by atoms with van der Waals surface area (Å²) < 4.78 is 0. The molecular weight excluding hydrogens is 254 g/mol. The van der Waals surface area contributed by atoms with Crippen LogP contribution in [0.3, 0.4) is 0 Å². The first-order valence-electron chi connectivity index (χ1n) is 6.67. The number of carboxylic acid groups (broad SMARTS) is 1. The van der Waals surface area contributed by atoms with E-state index in [1.807, 2.05) is 24.5 Å². The Labute approximate surface area is 114 Å². The zero-order valence-corrected chi connectivity index (χ0v) is 10.7. The molecule has 0 radical (unpaired) electrons. The summed E-state index contributed by atoms with van der Waals surface area (Å²) in [5.74, 6) is -0.609. The molecule has 1 aliphatic carbocycles. The number of carbonyl (C=O) groups is 1. The molecule has 5 nitrogen and oxygen atoms in total. The summed E-state index contributed by atoms with van der Waals surface area (Å²) in [7, 11) is 0. The number of H-pyrrole nitrogens is 1. The standard InChI is InChI=1S/C15H13N3O2/c19-15(20)10-4-9(5-10)11-7-18-14-12(11)13-8(6-17-14)2-1-3-16-13/h1-3,6-7,9-10H,4-5H2,(H,17,18)(H,19,20)/t9-,10-. The van der Waals surface area contributed by atoms with Gasteiger partial charge in [-0.15, -0.1) is 0 Å². The highest BCUT2D eigenvalue weighted by Crippen LogP contribution is 2.44. The maximum absolute atomic E-state index is 10.9. The zero-order valence-electron chi connectivity index (χ0n) is 10.7. The molecule has 0 atom stereocenters. The van der Waals surface area contributed by atoms with Gasteiger partial charge in [0.15, 0.2) is 0 Å². The maximum Gasteiger partial charge on any atom is 0.306 e. The fraction of sp³-hybridized carbons (Fsp3) is 0.267. The third kappa shape index (κ3) is 1.52. The van der Waals surface area contributed by atoms with Crippen LogP contribution in [0, 0.1) is 5.92 Å². The number of carboxylic acids is 1. The molecule has 3 aromatic rings. The lowest BCUT2D eigenvalue weighted by atomic mass is 9.71. The van der Waals surface area contributed by atoms with Crippen molar-refractivity contribution in [1.29, 1.82) is 0 Å². The predicted octanol–water partition coefficient (Wildman–Crippen LogP) is 2.69. The Kier molecular flexibility index (Phi) is 2.30. The van der Waals surface area contributed by atoms with Crippen molar-refractivity contribution in [3.05, 3.63) is 36.3 Å². The molecule has 1 aliphatic rings. The molecule has 3 heterocycles. The van der Waals surface area contributed by atoms with Crippen LogP contribution in [0.2, 0.25) is 0 Å². The first kappa shape index (κ1) is 11.4. The Morgan fingerprint density at radius 2 is 2.20 bits per heavy atom. The van der Waals surface area contributed by atoms with Gasteiger partial charge in [-0.2, -0.15) is 0 Å². The molecule has 20 heavy (non-hydrogen) atoms. The van der Waals surface area contributed by atoms with Crippen molar-refractivity contribution in [1.82, 2.24) is 15.0 Å². The van der Waals surface area contributed by atoms with Gasteiger partial charge in [0.05, 0.1) is 11.4 Å². The van der Waals surface area contributed by atoms with Crippen molar-refractivity contribution in [3.63, 3.8) is 0 Å². The summed E-state index contributed by atoms with van der Waals surface area (Å²) in [5.41, 5.74) is 2.91. The number of pyridine rings is 2. The number of fused-ring (bicyclic) bond motifs is 3. The molecule has 0 aromatic carbocycles. The van der Waals surface area contributed by atoms with Crippen molar-refractivity contribution >= 4 is 27.9 Å². The van der Waals surface area contributed by atoms with Gasteiger partial charge in [-0.05, 0) is 36.5 Å². The third-order valence-electron chi connectivity index (χ3n) is 4.23. The van der Waals surface area contributed by atoms with E-state index >= 15 is 0 Å². The van der Waals surface area contributed by atoms with E-state index in [2.05, 4.69) is 15.0 Å². The number of aliphatic carboxylic acids is 1. The minimum atomic E-state index is -0.692. The largest absolute Gasteiger partial charge is 0.481 e. The van der Waals surface area contributed by atoms with E-state index in [9.17, 15) is 4.79 Å². The van der Waals surface area contributed by atoms with Crippen molar-refractivity contribution in [2.45, 2.75) is 18.8 Å². The molecule has 1 fully saturated rings. The van der Waals surface area contributed by atoms with Crippen LogP contribution in [0.1, 0.15) is 24.3 Å². The number of hydrogen-bond donors (Lipinski definition) is 2. The Morgan fingerprint density at radius 3 is 3.00 bits per heavy atom. The SMILES string of the molecule is O=C(O)[C@H]1C[C@H](c2c[nH]c3ncc4cccnc4c32)C1. The average molecular weight is 267 g/mol. The minimum Gasteiger partial charge on any atom is -0.481 e. The van der Waals surface area contributed by atoms with Gasteiger partial charge in [-0.25, -0.2) is 4.98 Å². The lowest BCUT2D eigenvalue weighted by Gasteiger charge is -2.32.